The van der Waals surface area contributed by atoms with E-state index in [-0.39, 0.29) is 0 Å². The minimum Gasteiger partial charge on any atom is -0.376 e. The van der Waals surface area contributed by atoms with E-state index >= 15 is 0 Å². The summed E-state index contributed by atoms with van der Waals surface area (Å²) in [6, 6.07) is 2.02. The number of rotatable bonds is 7. The van der Waals surface area contributed by atoms with E-state index < -0.39 is 0 Å². The number of thioether (sulfide) groups is 1. The number of nitrogens with one attached hydrogen (secondary N) is 1. The van der Waals surface area contributed by atoms with Crippen LogP contribution in [0, 0.1) is 0 Å². The molecule has 1 saturated heterocycles. The van der Waals surface area contributed by atoms with Crippen LogP contribution in [0.2, 0.25) is 0 Å². The average Bonchev–Trinajstić information content (AvgIpc) is 2.97. The fourth-order valence-electron chi connectivity index (χ4n) is 2.23. The lowest BCUT2D eigenvalue weighted by Crippen LogP contribution is -2.29. The van der Waals surface area contributed by atoms with E-state index in [0.29, 0.717) is 6.10 Å². The Morgan fingerprint density at radius 2 is 2.35 bits per heavy atom. The molecule has 1 aromatic heterocycles. The minimum absolute atomic E-state index is 0.333. The van der Waals surface area contributed by atoms with Crippen molar-refractivity contribution in [2.24, 2.45) is 0 Å². The quantitative estimate of drug-likeness (QED) is 0.616. The summed E-state index contributed by atoms with van der Waals surface area (Å²) < 4.78 is 5.69. The van der Waals surface area contributed by atoms with Crippen molar-refractivity contribution in [1.82, 2.24) is 9.97 Å². The van der Waals surface area contributed by atoms with Gasteiger partial charge in [0, 0.05) is 32.8 Å². The van der Waals surface area contributed by atoms with Crippen LogP contribution in [-0.4, -0.2) is 49.1 Å². The maximum atomic E-state index is 5.69. The molecule has 0 spiro atoms. The van der Waals surface area contributed by atoms with Crippen LogP contribution in [0.5, 0.6) is 0 Å². The lowest BCUT2D eigenvalue weighted by Gasteiger charge is -2.22. The van der Waals surface area contributed by atoms with Gasteiger partial charge >= 0.3 is 0 Å². The molecule has 0 amide bonds. The highest BCUT2D eigenvalue weighted by Gasteiger charge is 2.18. The van der Waals surface area contributed by atoms with E-state index in [0.717, 1.165) is 49.3 Å². The number of hydrogen-bond donors (Lipinski definition) is 1. The first-order chi connectivity index (χ1) is 9.72. The van der Waals surface area contributed by atoms with Crippen molar-refractivity contribution in [2.45, 2.75) is 37.4 Å². The van der Waals surface area contributed by atoms with Crippen molar-refractivity contribution < 1.29 is 4.74 Å². The highest BCUT2D eigenvalue weighted by molar-refractivity contribution is 7.98. The molecule has 0 radical (unpaired) electrons. The number of likely N-dealkylation sites (N-methyl/N-ethyl adjacent to an activating group) is 1. The second-order valence-electron chi connectivity index (χ2n) is 5.04. The van der Waals surface area contributed by atoms with Crippen LogP contribution >= 0.6 is 11.8 Å². The molecule has 1 aliphatic rings. The predicted molar refractivity (Wildman–Crippen MR) is 84.8 cm³/mol. The molecule has 2 rings (SSSR count). The van der Waals surface area contributed by atoms with Crippen LogP contribution in [0.3, 0.4) is 0 Å². The zero-order valence-electron chi connectivity index (χ0n) is 12.6. The standard InChI is InChI=1S/C14H24N4OS/c1-4-7-15-12-9-13(17-14(16-12)20-3)18(2)10-11-6-5-8-19-11/h9,11H,4-8,10H2,1-3H3,(H,15,16,17). The van der Waals surface area contributed by atoms with Gasteiger partial charge in [-0.2, -0.15) is 0 Å². The van der Waals surface area contributed by atoms with Crippen molar-refractivity contribution >= 4 is 23.4 Å². The largest absolute Gasteiger partial charge is 0.376 e. The van der Waals surface area contributed by atoms with Gasteiger partial charge in [-0.15, -0.1) is 0 Å². The Labute approximate surface area is 125 Å². The molecule has 20 heavy (non-hydrogen) atoms. The first kappa shape index (κ1) is 15.4. The first-order valence-corrected chi connectivity index (χ1v) is 8.45. The van der Waals surface area contributed by atoms with Gasteiger partial charge < -0.3 is 15.0 Å². The molecule has 1 fully saturated rings. The molecule has 0 saturated carbocycles. The van der Waals surface area contributed by atoms with Crippen LogP contribution in [0.4, 0.5) is 11.6 Å². The van der Waals surface area contributed by atoms with Gasteiger partial charge in [0.25, 0.3) is 0 Å². The summed E-state index contributed by atoms with van der Waals surface area (Å²) in [5, 5.41) is 4.14. The zero-order chi connectivity index (χ0) is 14.4. The Balaban J connectivity index is 2.07. The van der Waals surface area contributed by atoms with Gasteiger partial charge in [0.1, 0.15) is 11.6 Å². The van der Waals surface area contributed by atoms with E-state index in [9.17, 15) is 0 Å². The molecule has 1 N–H and O–H groups in total. The summed E-state index contributed by atoms with van der Waals surface area (Å²) in [4.78, 5) is 11.2. The SMILES string of the molecule is CCCNc1cc(N(C)CC2CCCO2)nc(SC)n1. The van der Waals surface area contributed by atoms with Crippen molar-refractivity contribution in [3.8, 4) is 0 Å². The van der Waals surface area contributed by atoms with E-state index in [1.165, 1.54) is 6.42 Å². The average molecular weight is 296 g/mol. The van der Waals surface area contributed by atoms with Gasteiger partial charge in [0.05, 0.1) is 6.10 Å². The van der Waals surface area contributed by atoms with Crippen LogP contribution in [0.1, 0.15) is 26.2 Å². The van der Waals surface area contributed by atoms with E-state index in [4.69, 9.17) is 4.74 Å². The fraction of sp³-hybridized carbons (Fsp3) is 0.714. The third-order valence-electron chi connectivity index (χ3n) is 3.32. The number of hydrogen-bond acceptors (Lipinski definition) is 6. The maximum absolute atomic E-state index is 5.69. The molecule has 1 aliphatic heterocycles. The van der Waals surface area contributed by atoms with Crippen LogP contribution in [0.15, 0.2) is 11.2 Å². The Morgan fingerprint density at radius 1 is 1.50 bits per heavy atom. The smallest absolute Gasteiger partial charge is 0.191 e. The third kappa shape index (κ3) is 4.24. The Bertz CT molecular complexity index is 424. The molecule has 0 aromatic carbocycles. The second-order valence-corrected chi connectivity index (χ2v) is 5.81. The summed E-state index contributed by atoms with van der Waals surface area (Å²) in [7, 11) is 2.07. The lowest BCUT2D eigenvalue weighted by molar-refractivity contribution is 0.116. The van der Waals surface area contributed by atoms with Gasteiger partial charge in [0.15, 0.2) is 5.16 Å². The van der Waals surface area contributed by atoms with Crippen LogP contribution in [-0.2, 0) is 4.74 Å². The minimum atomic E-state index is 0.333. The van der Waals surface area contributed by atoms with Crippen molar-refractivity contribution in [3.05, 3.63) is 6.07 Å². The molecule has 1 aromatic rings. The number of anilines is 2. The third-order valence-corrected chi connectivity index (χ3v) is 3.87. The predicted octanol–water partition coefficient (Wildman–Crippen LogP) is 2.64. The Hall–Kier alpha value is -1.01. The maximum Gasteiger partial charge on any atom is 0.191 e. The Morgan fingerprint density at radius 3 is 3.00 bits per heavy atom. The Kier molecular flexibility index (Phi) is 5.91. The molecule has 6 heteroatoms. The van der Waals surface area contributed by atoms with E-state index in [2.05, 4.69) is 34.2 Å². The molecule has 0 bridgehead atoms. The van der Waals surface area contributed by atoms with Gasteiger partial charge in [-0.1, -0.05) is 18.7 Å². The monoisotopic (exact) mass is 296 g/mol. The van der Waals surface area contributed by atoms with Crippen LogP contribution in [0.25, 0.3) is 0 Å². The summed E-state index contributed by atoms with van der Waals surface area (Å²) in [5.41, 5.74) is 0. The number of aromatic nitrogens is 2. The normalized spacial score (nSPS) is 18.2. The molecular formula is C14H24N4OS. The second kappa shape index (κ2) is 7.69. The van der Waals surface area contributed by atoms with E-state index in [1.54, 1.807) is 11.8 Å². The molecule has 5 nitrogen and oxygen atoms in total. The highest BCUT2D eigenvalue weighted by Crippen LogP contribution is 2.21. The number of ether oxygens (including phenoxy) is 1. The van der Waals surface area contributed by atoms with Gasteiger partial charge in [-0.05, 0) is 25.5 Å². The molecule has 1 atom stereocenters. The van der Waals surface area contributed by atoms with Gasteiger partial charge in [-0.25, -0.2) is 9.97 Å². The summed E-state index contributed by atoms with van der Waals surface area (Å²) in [6.45, 7) is 4.85. The molecule has 2 heterocycles. The van der Waals surface area contributed by atoms with Crippen molar-refractivity contribution in [1.29, 1.82) is 0 Å². The first-order valence-electron chi connectivity index (χ1n) is 7.22. The summed E-state index contributed by atoms with van der Waals surface area (Å²) >= 11 is 1.57. The topological polar surface area (TPSA) is 50.3 Å². The van der Waals surface area contributed by atoms with Gasteiger partial charge in [-0.3, -0.25) is 0 Å². The number of nitrogens with zero attached hydrogens (tertiary/aromatic N) is 3. The molecule has 112 valence electrons. The summed E-state index contributed by atoms with van der Waals surface area (Å²) in [6.07, 6.45) is 5.73. The molecular weight excluding hydrogens is 272 g/mol. The van der Waals surface area contributed by atoms with E-state index in [1.807, 2.05) is 12.3 Å². The lowest BCUT2D eigenvalue weighted by atomic mass is 10.2. The van der Waals surface area contributed by atoms with Crippen LogP contribution < -0.4 is 10.2 Å². The van der Waals surface area contributed by atoms with Gasteiger partial charge in [0.2, 0.25) is 0 Å². The highest BCUT2D eigenvalue weighted by atomic mass is 32.2. The molecule has 1 unspecified atom stereocenters. The fourth-order valence-corrected chi connectivity index (χ4v) is 2.61. The molecule has 0 aliphatic carbocycles. The zero-order valence-corrected chi connectivity index (χ0v) is 13.4. The van der Waals surface area contributed by atoms with Crippen molar-refractivity contribution in [3.63, 3.8) is 0 Å². The van der Waals surface area contributed by atoms with Crippen molar-refractivity contribution in [2.75, 3.05) is 43.2 Å². The summed E-state index contributed by atoms with van der Waals surface area (Å²) in [5.74, 6) is 1.86.